The molecule has 0 spiro atoms. The number of ether oxygens (including phenoxy) is 1. The molecule has 0 radical (unpaired) electrons. The predicted octanol–water partition coefficient (Wildman–Crippen LogP) is 1.32. The molecule has 6 heteroatoms. The lowest BCUT2D eigenvalue weighted by Crippen LogP contribution is -2.28. The zero-order chi connectivity index (χ0) is 15.7. The number of nitrogens with one attached hydrogen (secondary N) is 1. The van der Waals surface area contributed by atoms with Crippen molar-refractivity contribution >= 4 is 5.91 Å². The molecule has 0 bridgehead atoms. The average molecular weight is 296 g/mol. The van der Waals surface area contributed by atoms with Gasteiger partial charge in [0.2, 0.25) is 0 Å². The summed E-state index contributed by atoms with van der Waals surface area (Å²) in [5.41, 5.74) is 7.30. The molecule has 114 valence electrons. The summed E-state index contributed by atoms with van der Waals surface area (Å²) in [6, 6.07) is 5.22. The molecule has 4 nitrogen and oxygen atoms in total. The predicted molar refractivity (Wildman–Crippen MR) is 76.3 cm³/mol. The molecule has 1 aromatic rings. The molecule has 0 aliphatic heterocycles. The van der Waals surface area contributed by atoms with Gasteiger partial charge < -0.3 is 15.8 Å². The van der Waals surface area contributed by atoms with Gasteiger partial charge in [0, 0.05) is 17.7 Å². The number of rotatable bonds is 6. The highest BCUT2D eigenvalue weighted by molar-refractivity contribution is 5.96. The number of carbonyl (C=O) groups is 1. The Morgan fingerprint density at radius 2 is 2.24 bits per heavy atom. The molecule has 1 rings (SSSR count). The lowest BCUT2D eigenvalue weighted by molar-refractivity contribution is 0.0188. The summed E-state index contributed by atoms with van der Waals surface area (Å²) < 4.78 is 28.4. The van der Waals surface area contributed by atoms with Crippen molar-refractivity contribution in [2.24, 2.45) is 5.73 Å². The van der Waals surface area contributed by atoms with Crippen LogP contribution in [0, 0.1) is 18.8 Å². The van der Waals surface area contributed by atoms with E-state index >= 15 is 0 Å². The monoisotopic (exact) mass is 296 g/mol. The first-order valence-electron chi connectivity index (χ1n) is 6.49. The van der Waals surface area contributed by atoms with Crippen LogP contribution < -0.4 is 11.1 Å². The minimum absolute atomic E-state index is 0.0434. The third-order valence-corrected chi connectivity index (χ3v) is 2.68. The van der Waals surface area contributed by atoms with Crippen LogP contribution >= 0.6 is 0 Å². The number of alkyl halides is 2. The number of amides is 1. The Hall–Kier alpha value is -1.97. The molecule has 3 N–H and O–H groups in total. The van der Waals surface area contributed by atoms with Gasteiger partial charge in [0.1, 0.15) is 6.61 Å². The second-order valence-corrected chi connectivity index (χ2v) is 4.21. The van der Waals surface area contributed by atoms with Crippen LogP contribution in [0.15, 0.2) is 18.2 Å². The Morgan fingerprint density at radius 1 is 1.48 bits per heavy atom. The van der Waals surface area contributed by atoms with Gasteiger partial charge in [-0.1, -0.05) is 17.9 Å². The Morgan fingerprint density at radius 3 is 2.90 bits per heavy atom. The lowest BCUT2D eigenvalue weighted by atomic mass is 10.0. The molecule has 0 saturated carbocycles. The van der Waals surface area contributed by atoms with Gasteiger partial charge in [-0.3, -0.25) is 4.79 Å². The van der Waals surface area contributed by atoms with E-state index in [0.717, 1.165) is 11.1 Å². The van der Waals surface area contributed by atoms with Gasteiger partial charge in [0.25, 0.3) is 12.3 Å². The molecule has 0 saturated heterocycles. The summed E-state index contributed by atoms with van der Waals surface area (Å²) in [6.07, 6.45) is -2.50. The van der Waals surface area contributed by atoms with Crippen molar-refractivity contribution in [3.8, 4) is 11.8 Å². The van der Waals surface area contributed by atoms with Crippen molar-refractivity contribution in [1.29, 1.82) is 0 Å². The van der Waals surface area contributed by atoms with Crippen LogP contribution in [-0.4, -0.2) is 38.6 Å². The van der Waals surface area contributed by atoms with Gasteiger partial charge in [-0.15, -0.1) is 0 Å². The standard InChI is InChI=1S/C15H18F2N2O2/c1-11-12(5-3-7-18)4-2-6-13(11)15(20)19-8-9-21-10-14(16)17/h2,4,6,14H,7-10,18H2,1H3,(H,19,20). The average Bonchev–Trinajstić information content (AvgIpc) is 2.45. The Bertz CT molecular complexity index is 536. The van der Waals surface area contributed by atoms with Gasteiger partial charge in [-0.2, -0.15) is 0 Å². The van der Waals surface area contributed by atoms with E-state index in [1.54, 1.807) is 25.1 Å². The summed E-state index contributed by atoms with van der Waals surface area (Å²) in [6.45, 7) is 1.63. The minimum Gasteiger partial charge on any atom is -0.374 e. The van der Waals surface area contributed by atoms with Gasteiger partial charge in [-0.25, -0.2) is 8.78 Å². The van der Waals surface area contributed by atoms with Crippen LogP contribution in [-0.2, 0) is 4.74 Å². The van der Waals surface area contributed by atoms with Crippen molar-refractivity contribution < 1.29 is 18.3 Å². The molecule has 0 aromatic heterocycles. The molecule has 0 unspecified atom stereocenters. The highest BCUT2D eigenvalue weighted by Gasteiger charge is 2.10. The summed E-state index contributed by atoms with van der Waals surface area (Å²) >= 11 is 0. The zero-order valence-electron chi connectivity index (χ0n) is 11.8. The van der Waals surface area contributed by atoms with E-state index in [9.17, 15) is 13.6 Å². The van der Waals surface area contributed by atoms with Crippen molar-refractivity contribution in [2.45, 2.75) is 13.3 Å². The molecule has 0 aliphatic rings. The first-order valence-corrected chi connectivity index (χ1v) is 6.49. The van der Waals surface area contributed by atoms with Crippen molar-refractivity contribution in [3.05, 3.63) is 34.9 Å². The smallest absolute Gasteiger partial charge is 0.261 e. The molecular weight excluding hydrogens is 278 g/mol. The van der Waals surface area contributed by atoms with Crippen molar-refractivity contribution in [3.63, 3.8) is 0 Å². The van der Waals surface area contributed by atoms with Crippen LogP contribution in [0.25, 0.3) is 0 Å². The summed E-state index contributed by atoms with van der Waals surface area (Å²) in [5.74, 6) is 5.34. The van der Waals surface area contributed by atoms with E-state index in [4.69, 9.17) is 5.73 Å². The Labute approximate surface area is 122 Å². The van der Waals surface area contributed by atoms with E-state index < -0.39 is 13.0 Å². The van der Waals surface area contributed by atoms with Gasteiger partial charge in [-0.05, 0) is 24.6 Å². The topological polar surface area (TPSA) is 64.4 Å². The molecule has 21 heavy (non-hydrogen) atoms. The second kappa shape index (κ2) is 9.06. The Kier molecular flexibility index (Phi) is 7.37. The minimum atomic E-state index is -2.50. The summed E-state index contributed by atoms with van der Waals surface area (Å²) in [7, 11) is 0. The van der Waals surface area contributed by atoms with E-state index in [0.29, 0.717) is 5.56 Å². The van der Waals surface area contributed by atoms with Gasteiger partial charge >= 0.3 is 0 Å². The fourth-order valence-electron chi connectivity index (χ4n) is 1.67. The molecular formula is C15H18F2N2O2. The van der Waals surface area contributed by atoms with Crippen molar-refractivity contribution in [1.82, 2.24) is 5.32 Å². The number of hydrogen-bond donors (Lipinski definition) is 2. The fraction of sp³-hybridized carbons (Fsp3) is 0.400. The maximum atomic E-state index is 12.0. The highest BCUT2D eigenvalue weighted by atomic mass is 19.3. The second-order valence-electron chi connectivity index (χ2n) is 4.21. The largest absolute Gasteiger partial charge is 0.374 e. The number of nitrogens with two attached hydrogens (primary N) is 1. The van der Waals surface area contributed by atoms with E-state index in [1.807, 2.05) is 0 Å². The molecule has 1 amide bonds. The quantitative estimate of drug-likeness (QED) is 0.614. The summed E-state index contributed by atoms with van der Waals surface area (Å²) in [5, 5.41) is 2.62. The molecule has 1 aromatic carbocycles. The number of halogens is 2. The maximum absolute atomic E-state index is 12.0. The Balaban J connectivity index is 2.58. The third kappa shape index (κ3) is 5.90. The normalized spacial score (nSPS) is 10.1. The number of benzene rings is 1. The van der Waals surface area contributed by atoms with Crippen molar-refractivity contribution in [2.75, 3.05) is 26.3 Å². The molecule has 0 fully saturated rings. The highest BCUT2D eigenvalue weighted by Crippen LogP contribution is 2.12. The van der Waals surface area contributed by atoms with Gasteiger partial charge in [0.05, 0.1) is 13.2 Å². The maximum Gasteiger partial charge on any atom is 0.261 e. The number of carbonyl (C=O) groups excluding carboxylic acids is 1. The van der Waals surface area contributed by atoms with Gasteiger partial charge in [0.15, 0.2) is 0 Å². The zero-order valence-corrected chi connectivity index (χ0v) is 11.8. The van der Waals surface area contributed by atoms with Crippen LogP contribution in [0.3, 0.4) is 0 Å². The van der Waals surface area contributed by atoms with Crippen LogP contribution in [0.1, 0.15) is 21.5 Å². The first-order chi connectivity index (χ1) is 10.1. The third-order valence-electron chi connectivity index (χ3n) is 2.68. The SMILES string of the molecule is Cc1c(C#CCN)cccc1C(=O)NCCOCC(F)F. The molecule has 0 atom stereocenters. The fourth-order valence-corrected chi connectivity index (χ4v) is 1.67. The molecule has 0 heterocycles. The number of hydrogen-bond acceptors (Lipinski definition) is 3. The van der Waals surface area contributed by atoms with E-state index in [2.05, 4.69) is 21.9 Å². The molecule has 0 aliphatic carbocycles. The first kappa shape index (κ1) is 17.1. The van der Waals surface area contributed by atoms with E-state index in [1.165, 1.54) is 0 Å². The van der Waals surface area contributed by atoms with Crippen LogP contribution in [0.5, 0.6) is 0 Å². The van der Waals surface area contributed by atoms with Crippen LogP contribution in [0.4, 0.5) is 8.78 Å². The van der Waals surface area contributed by atoms with Crippen LogP contribution in [0.2, 0.25) is 0 Å². The van der Waals surface area contributed by atoms with E-state index in [-0.39, 0.29) is 25.6 Å². The summed E-state index contributed by atoms with van der Waals surface area (Å²) in [4.78, 5) is 12.0. The lowest BCUT2D eigenvalue weighted by Gasteiger charge is -2.09.